The van der Waals surface area contributed by atoms with Crippen LogP contribution in [0.2, 0.25) is 0 Å². The first-order valence-electron chi connectivity index (χ1n) is 9.86. The summed E-state index contributed by atoms with van der Waals surface area (Å²) in [6.07, 6.45) is -4.77. The maximum atomic E-state index is 13.6. The van der Waals surface area contributed by atoms with Crippen molar-refractivity contribution >= 4 is 16.7 Å². The van der Waals surface area contributed by atoms with Crippen LogP contribution in [0.4, 0.5) is 13.2 Å². The molecule has 6 nitrogen and oxygen atoms in total. The maximum Gasteiger partial charge on any atom is 0.418 e. The number of rotatable bonds is 5. The van der Waals surface area contributed by atoms with Crippen molar-refractivity contribution in [1.29, 1.82) is 0 Å². The Bertz CT molecular complexity index is 1470. The highest BCUT2D eigenvalue weighted by atomic mass is 19.4. The summed E-state index contributed by atoms with van der Waals surface area (Å²) in [5.74, 6) is -0.471. The number of aromatic nitrogens is 2. The molecule has 168 valence electrons. The van der Waals surface area contributed by atoms with Gasteiger partial charge in [-0.05, 0) is 29.8 Å². The van der Waals surface area contributed by atoms with Gasteiger partial charge in [-0.3, -0.25) is 14.2 Å². The monoisotopic (exact) mass is 454 g/mol. The third-order valence-corrected chi connectivity index (χ3v) is 5.26. The van der Waals surface area contributed by atoms with E-state index in [0.29, 0.717) is 10.1 Å². The normalized spacial score (nSPS) is 11.6. The van der Waals surface area contributed by atoms with Crippen LogP contribution in [-0.4, -0.2) is 26.6 Å². The van der Waals surface area contributed by atoms with Gasteiger partial charge >= 0.3 is 11.9 Å². The number of hydrogen-bond acceptors (Lipinski definition) is 4. The van der Waals surface area contributed by atoms with Gasteiger partial charge in [0.05, 0.1) is 28.7 Å². The number of carbonyl (C=O) groups is 1. The fraction of sp³-hybridized carbons (Fsp3) is 0.125. The van der Waals surface area contributed by atoms with Gasteiger partial charge in [0.25, 0.3) is 5.56 Å². The number of halogens is 3. The number of nitrogens with zero attached hydrogens (tertiary/aromatic N) is 2. The summed E-state index contributed by atoms with van der Waals surface area (Å²) in [5, 5.41) is 9.07. The Morgan fingerprint density at radius 1 is 0.879 bits per heavy atom. The molecule has 0 spiro atoms. The molecule has 0 saturated heterocycles. The number of fused-ring (bicyclic) bond motifs is 1. The van der Waals surface area contributed by atoms with E-state index in [-0.39, 0.29) is 23.0 Å². The van der Waals surface area contributed by atoms with Gasteiger partial charge in [-0.15, -0.1) is 0 Å². The molecule has 0 aliphatic heterocycles. The van der Waals surface area contributed by atoms with Gasteiger partial charge in [0.15, 0.2) is 5.78 Å². The smallest absolute Gasteiger partial charge is 0.388 e. The predicted octanol–water partition coefficient (Wildman–Crippen LogP) is 3.39. The number of benzene rings is 3. The molecule has 0 unspecified atom stereocenters. The number of aliphatic hydroxyl groups excluding tert-OH is 1. The molecule has 3 aromatic carbocycles. The average Bonchev–Trinajstić information content (AvgIpc) is 2.81. The molecule has 9 heteroatoms. The van der Waals surface area contributed by atoms with Crippen LogP contribution in [0.3, 0.4) is 0 Å². The molecule has 33 heavy (non-hydrogen) atoms. The zero-order chi connectivity index (χ0) is 23.8. The van der Waals surface area contributed by atoms with Gasteiger partial charge in [0, 0.05) is 5.56 Å². The SMILES string of the molecule is O=C(CO)c1ccc(Cn2c(=O)n(-c3ccccc3C(F)(F)F)c(=O)c3ccccc32)cc1. The molecular formula is C24H17F3N2O4. The predicted molar refractivity (Wildman–Crippen MR) is 116 cm³/mol. The first-order valence-corrected chi connectivity index (χ1v) is 9.86. The van der Waals surface area contributed by atoms with Crippen molar-refractivity contribution in [2.75, 3.05) is 6.61 Å². The number of para-hydroxylation sites is 2. The molecule has 0 amide bonds. The second-order valence-corrected chi connectivity index (χ2v) is 7.32. The first kappa shape index (κ1) is 22.2. The molecule has 0 bridgehead atoms. The lowest BCUT2D eigenvalue weighted by Gasteiger charge is -2.17. The van der Waals surface area contributed by atoms with Crippen molar-refractivity contribution in [3.63, 3.8) is 0 Å². The second-order valence-electron chi connectivity index (χ2n) is 7.32. The second kappa shape index (κ2) is 8.51. The molecule has 1 aromatic heterocycles. The van der Waals surface area contributed by atoms with Gasteiger partial charge in [-0.25, -0.2) is 9.36 Å². The van der Waals surface area contributed by atoms with Crippen molar-refractivity contribution in [3.8, 4) is 5.69 Å². The Labute approximate surface area is 184 Å². The van der Waals surface area contributed by atoms with Crippen molar-refractivity contribution in [3.05, 3.63) is 110 Å². The summed E-state index contributed by atoms with van der Waals surface area (Å²) >= 11 is 0. The molecule has 1 N–H and O–H groups in total. The van der Waals surface area contributed by atoms with Crippen molar-refractivity contribution in [2.45, 2.75) is 12.7 Å². The van der Waals surface area contributed by atoms with Crippen molar-refractivity contribution in [1.82, 2.24) is 9.13 Å². The molecule has 0 fully saturated rings. The zero-order valence-corrected chi connectivity index (χ0v) is 17.0. The van der Waals surface area contributed by atoms with Crippen LogP contribution < -0.4 is 11.2 Å². The van der Waals surface area contributed by atoms with Gasteiger partial charge < -0.3 is 5.11 Å². The third-order valence-electron chi connectivity index (χ3n) is 5.26. The Kier molecular flexibility index (Phi) is 5.73. The molecule has 1 heterocycles. The summed E-state index contributed by atoms with van der Waals surface area (Å²) < 4.78 is 42.6. The molecule has 0 atom stereocenters. The molecule has 0 saturated carbocycles. The molecule has 4 rings (SSSR count). The van der Waals surface area contributed by atoms with Gasteiger partial charge in [-0.2, -0.15) is 13.2 Å². The number of hydrogen-bond donors (Lipinski definition) is 1. The van der Waals surface area contributed by atoms with Crippen molar-refractivity contribution in [2.24, 2.45) is 0 Å². The maximum absolute atomic E-state index is 13.6. The fourth-order valence-electron chi connectivity index (χ4n) is 3.66. The van der Waals surface area contributed by atoms with E-state index in [2.05, 4.69) is 0 Å². The van der Waals surface area contributed by atoms with Crippen molar-refractivity contribution < 1.29 is 23.1 Å². The fourth-order valence-corrected chi connectivity index (χ4v) is 3.66. The number of carbonyl (C=O) groups excluding carboxylic acids is 1. The summed E-state index contributed by atoms with van der Waals surface area (Å²) in [7, 11) is 0. The summed E-state index contributed by atoms with van der Waals surface area (Å²) in [5.41, 5.74) is -2.31. The lowest BCUT2D eigenvalue weighted by atomic mass is 10.1. The average molecular weight is 454 g/mol. The van der Waals surface area contributed by atoms with E-state index in [1.165, 1.54) is 34.9 Å². The lowest BCUT2D eigenvalue weighted by molar-refractivity contribution is -0.137. The number of Topliss-reactive ketones (excluding diaryl/α,β-unsaturated/α-hetero) is 1. The lowest BCUT2D eigenvalue weighted by Crippen LogP contribution is -2.40. The van der Waals surface area contributed by atoms with Crippen LogP contribution in [0.1, 0.15) is 21.5 Å². The zero-order valence-electron chi connectivity index (χ0n) is 17.0. The topological polar surface area (TPSA) is 81.3 Å². The summed E-state index contributed by atoms with van der Waals surface area (Å²) in [6.45, 7) is -0.700. The number of aliphatic hydroxyl groups is 1. The number of alkyl halides is 3. The van der Waals surface area contributed by atoms with E-state index in [1.54, 1.807) is 30.3 Å². The van der Waals surface area contributed by atoms with Gasteiger partial charge in [-0.1, -0.05) is 48.5 Å². The van der Waals surface area contributed by atoms with Crippen LogP contribution in [-0.2, 0) is 12.7 Å². The minimum atomic E-state index is -4.77. The Morgan fingerprint density at radius 2 is 1.52 bits per heavy atom. The molecule has 0 radical (unpaired) electrons. The van der Waals surface area contributed by atoms with E-state index < -0.39 is 41.1 Å². The van der Waals surface area contributed by atoms with E-state index in [0.717, 1.165) is 12.1 Å². The molecule has 4 aromatic rings. The van der Waals surface area contributed by atoms with Crippen LogP contribution in [0.25, 0.3) is 16.6 Å². The highest BCUT2D eigenvalue weighted by Crippen LogP contribution is 2.33. The Hall–Kier alpha value is -3.98. The minimum absolute atomic E-state index is 0.0542. The van der Waals surface area contributed by atoms with E-state index >= 15 is 0 Å². The summed E-state index contributed by atoms with van der Waals surface area (Å²) in [6, 6.07) is 16.7. The standard InChI is InChI=1S/C24H17F3N2O4/c25-24(26,27)18-6-2-4-8-20(18)29-22(32)17-5-1-3-7-19(17)28(23(29)33)13-15-9-11-16(12-10-15)21(31)14-30/h1-12,30H,13-14H2. The summed E-state index contributed by atoms with van der Waals surface area (Å²) in [4.78, 5) is 38.1. The number of ketones is 1. The van der Waals surface area contributed by atoms with Crippen LogP contribution in [0, 0.1) is 0 Å². The minimum Gasteiger partial charge on any atom is -0.388 e. The Morgan fingerprint density at radius 3 is 2.18 bits per heavy atom. The van der Waals surface area contributed by atoms with E-state index in [9.17, 15) is 27.6 Å². The van der Waals surface area contributed by atoms with Crippen LogP contribution in [0.15, 0.2) is 82.4 Å². The van der Waals surface area contributed by atoms with Crippen LogP contribution in [0.5, 0.6) is 0 Å². The van der Waals surface area contributed by atoms with Gasteiger partial charge in [0.2, 0.25) is 0 Å². The van der Waals surface area contributed by atoms with Crippen LogP contribution >= 0.6 is 0 Å². The third kappa shape index (κ3) is 4.10. The quantitative estimate of drug-likeness (QED) is 0.469. The van der Waals surface area contributed by atoms with E-state index in [4.69, 9.17) is 5.11 Å². The van der Waals surface area contributed by atoms with E-state index in [1.807, 2.05) is 0 Å². The highest BCUT2D eigenvalue weighted by molar-refractivity contribution is 5.96. The highest BCUT2D eigenvalue weighted by Gasteiger charge is 2.34. The van der Waals surface area contributed by atoms with Gasteiger partial charge in [0.1, 0.15) is 6.61 Å². The molecular weight excluding hydrogens is 437 g/mol. The molecule has 0 aliphatic carbocycles. The Balaban J connectivity index is 1.95. The molecule has 0 aliphatic rings. The largest absolute Gasteiger partial charge is 0.418 e. The first-order chi connectivity index (χ1) is 15.7.